The summed E-state index contributed by atoms with van der Waals surface area (Å²) in [5.41, 5.74) is 0. The molecule has 1 saturated carbocycles. The molecule has 2 atom stereocenters. The highest BCUT2D eigenvalue weighted by atomic mass is 14.4. The summed E-state index contributed by atoms with van der Waals surface area (Å²) in [6.07, 6.45) is 19.4. The standard InChI is InChI=1S/C15H24/c1-2-3-4-5-8-13-11-14-9-6-7-10-15(14)12-13/h6-7,9-10,13-15H,2-5,8,11-12H2,1H3. The Balaban J connectivity index is 1.68. The van der Waals surface area contributed by atoms with Crippen LogP contribution in [0.3, 0.4) is 0 Å². The fraction of sp³-hybridized carbons (Fsp3) is 0.733. The van der Waals surface area contributed by atoms with Gasteiger partial charge in [0.15, 0.2) is 0 Å². The number of unbranched alkanes of at least 4 members (excludes halogenated alkanes) is 3. The van der Waals surface area contributed by atoms with Crippen molar-refractivity contribution in [3.05, 3.63) is 24.3 Å². The third-order valence-corrected chi connectivity index (χ3v) is 4.05. The van der Waals surface area contributed by atoms with E-state index in [2.05, 4.69) is 31.2 Å². The number of hydrogen-bond acceptors (Lipinski definition) is 0. The summed E-state index contributed by atoms with van der Waals surface area (Å²) in [7, 11) is 0. The second-order valence-electron chi connectivity index (χ2n) is 5.28. The average molecular weight is 204 g/mol. The van der Waals surface area contributed by atoms with Crippen LogP contribution >= 0.6 is 0 Å². The molecular weight excluding hydrogens is 180 g/mol. The van der Waals surface area contributed by atoms with E-state index in [1.165, 1.54) is 44.9 Å². The Morgan fingerprint density at radius 2 is 1.60 bits per heavy atom. The van der Waals surface area contributed by atoms with Crippen LogP contribution in [0.15, 0.2) is 24.3 Å². The van der Waals surface area contributed by atoms with Crippen LogP contribution < -0.4 is 0 Å². The van der Waals surface area contributed by atoms with Gasteiger partial charge in [0, 0.05) is 0 Å². The van der Waals surface area contributed by atoms with Crippen molar-refractivity contribution in [2.75, 3.05) is 0 Å². The monoisotopic (exact) mass is 204 g/mol. The van der Waals surface area contributed by atoms with Crippen molar-refractivity contribution in [3.8, 4) is 0 Å². The minimum absolute atomic E-state index is 0.881. The Kier molecular flexibility index (Phi) is 4.05. The Bertz CT molecular complexity index is 216. The molecule has 0 heterocycles. The third-order valence-electron chi connectivity index (χ3n) is 4.05. The van der Waals surface area contributed by atoms with Gasteiger partial charge < -0.3 is 0 Å². The van der Waals surface area contributed by atoms with E-state index in [-0.39, 0.29) is 0 Å². The maximum atomic E-state index is 2.43. The molecule has 15 heavy (non-hydrogen) atoms. The molecule has 2 aliphatic carbocycles. The molecule has 0 bridgehead atoms. The summed E-state index contributed by atoms with van der Waals surface area (Å²) < 4.78 is 0. The first kappa shape index (κ1) is 11.0. The topological polar surface area (TPSA) is 0 Å². The molecule has 0 N–H and O–H groups in total. The van der Waals surface area contributed by atoms with Gasteiger partial charge in [-0.15, -0.1) is 0 Å². The molecular formula is C15H24. The van der Waals surface area contributed by atoms with Crippen LogP contribution in [0.1, 0.15) is 51.9 Å². The first-order chi connectivity index (χ1) is 7.40. The van der Waals surface area contributed by atoms with Gasteiger partial charge in [-0.25, -0.2) is 0 Å². The predicted octanol–water partition coefficient (Wildman–Crippen LogP) is 4.73. The van der Waals surface area contributed by atoms with Crippen molar-refractivity contribution in [2.24, 2.45) is 17.8 Å². The van der Waals surface area contributed by atoms with E-state index in [1.54, 1.807) is 0 Å². The van der Waals surface area contributed by atoms with Crippen molar-refractivity contribution >= 4 is 0 Å². The summed E-state index contributed by atoms with van der Waals surface area (Å²) in [6.45, 7) is 2.29. The van der Waals surface area contributed by atoms with Gasteiger partial charge in [0.2, 0.25) is 0 Å². The molecule has 0 aromatic heterocycles. The zero-order valence-corrected chi connectivity index (χ0v) is 9.99. The molecule has 0 radical (unpaired) electrons. The smallest absolute Gasteiger partial charge is 0.0165 e. The Labute approximate surface area is 94.5 Å². The summed E-state index contributed by atoms with van der Waals surface area (Å²) >= 11 is 0. The molecule has 0 aromatic rings. The van der Waals surface area contributed by atoms with Crippen molar-refractivity contribution in [2.45, 2.75) is 51.9 Å². The molecule has 2 aliphatic rings. The van der Waals surface area contributed by atoms with Crippen LogP contribution in [0, 0.1) is 17.8 Å². The van der Waals surface area contributed by atoms with Crippen LogP contribution in [-0.4, -0.2) is 0 Å². The van der Waals surface area contributed by atoms with Gasteiger partial charge in [-0.1, -0.05) is 63.3 Å². The zero-order valence-electron chi connectivity index (χ0n) is 9.99. The normalized spacial score (nSPS) is 33.3. The van der Waals surface area contributed by atoms with Crippen LogP contribution in [-0.2, 0) is 0 Å². The molecule has 84 valence electrons. The lowest BCUT2D eigenvalue weighted by Gasteiger charge is -2.13. The van der Waals surface area contributed by atoms with Crippen molar-refractivity contribution in [1.82, 2.24) is 0 Å². The molecule has 0 amide bonds. The summed E-state index contributed by atoms with van der Waals surface area (Å²) in [5.74, 6) is 2.78. The van der Waals surface area contributed by atoms with E-state index in [4.69, 9.17) is 0 Å². The first-order valence-electron chi connectivity index (χ1n) is 6.75. The van der Waals surface area contributed by atoms with Crippen LogP contribution in [0.5, 0.6) is 0 Å². The van der Waals surface area contributed by atoms with Crippen LogP contribution in [0.4, 0.5) is 0 Å². The molecule has 0 nitrogen and oxygen atoms in total. The van der Waals surface area contributed by atoms with Crippen molar-refractivity contribution in [3.63, 3.8) is 0 Å². The molecule has 0 aliphatic heterocycles. The van der Waals surface area contributed by atoms with Gasteiger partial charge in [0.05, 0.1) is 0 Å². The molecule has 0 spiro atoms. The lowest BCUT2D eigenvalue weighted by Crippen LogP contribution is -2.03. The fourth-order valence-corrected chi connectivity index (χ4v) is 3.17. The zero-order chi connectivity index (χ0) is 10.5. The summed E-state index contributed by atoms with van der Waals surface area (Å²) in [6, 6.07) is 0. The highest BCUT2D eigenvalue weighted by Gasteiger charge is 2.31. The van der Waals surface area contributed by atoms with E-state index in [9.17, 15) is 0 Å². The fourth-order valence-electron chi connectivity index (χ4n) is 3.17. The summed E-state index contributed by atoms with van der Waals surface area (Å²) in [5, 5.41) is 0. The quantitative estimate of drug-likeness (QED) is 0.568. The van der Waals surface area contributed by atoms with Crippen LogP contribution in [0.2, 0.25) is 0 Å². The number of fused-ring (bicyclic) bond motifs is 1. The molecule has 1 fully saturated rings. The lowest BCUT2D eigenvalue weighted by atomic mass is 9.92. The highest BCUT2D eigenvalue weighted by Crippen LogP contribution is 2.41. The molecule has 0 heteroatoms. The lowest BCUT2D eigenvalue weighted by molar-refractivity contribution is 0.455. The van der Waals surface area contributed by atoms with Gasteiger partial charge in [0.1, 0.15) is 0 Å². The average Bonchev–Trinajstić information content (AvgIpc) is 2.67. The van der Waals surface area contributed by atoms with E-state index in [0.29, 0.717) is 0 Å². The maximum Gasteiger partial charge on any atom is -0.0165 e. The predicted molar refractivity (Wildman–Crippen MR) is 66.7 cm³/mol. The molecule has 0 aromatic carbocycles. The first-order valence-corrected chi connectivity index (χ1v) is 6.75. The Morgan fingerprint density at radius 3 is 2.20 bits per heavy atom. The molecule has 0 saturated heterocycles. The number of hydrogen-bond donors (Lipinski definition) is 0. The van der Waals surface area contributed by atoms with Crippen LogP contribution in [0.25, 0.3) is 0 Å². The molecule has 2 unspecified atom stereocenters. The minimum Gasteiger partial charge on any atom is -0.0808 e. The van der Waals surface area contributed by atoms with Gasteiger partial charge in [-0.3, -0.25) is 0 Å². The second kappa shape index (κ2) is 5.53. The summed E-state index contributed by atoms with van der Waals surface area (Å²) in [4.78, 5) is 0. The van der Waals surface area contributed by atoms with E-state index in [0.717, 1.165) is 17.8 Å². The largest absolute Gasteiger partial charge is 0.0808 e. The number of rotatable bonds is 5. The minimum atomic E-state index is 0.881. The van der Waals surface area contributed by atoms with Gasteiger partial charge in [-0.05, 0) is 30.6 Å². The SMILES string of the molecule is CCCCCCC1CC2C=CC=CC2C1. The second-order valence-corrected chi connectivity index (χ2v) is 5.28. The van der Waals surface area contributed by atoms with Gasteiger partial charge in [-0.2, -0.15) is 0 Å². The van der Waals surface area contributed by atoms with E-state index >= 15 is 0 Å². The number of allylic oxidation sites excluding steroid dienone is 4. The van der Waals surface area contributed by atoms with E-state index < -0.39 is 0 Å². The Hall–Kier alpha value is -0.520. The maximum absolute atomic E-state index is 2.43. The highest BCUT2D eigenvalue weighted by molar-refractivity contribution is 5.16. The Morgan fingerprint density at radius 1 is 0.933 bits per heavy atom. The van der Waals surface area contributed by atoms with Gasteiger partial charge >= 0.3 is 0 Å². The third kappa shape index (κ3) is 2.96. The molecule has 2 rings (SSSR count). The van der Waals surface area contributed by atoms with Crippen molar-refractivity contribution < 1.29 is 0 Å². The van der Waals surface area contributed by atoms with Gasteiger partial charge in [0.25, 0.3) is 0 Å². The van der Waals surface area contributed by atoms with Crippen molar-refractivity contribution in [1.29, 1.82) is 0 Å². The van der Waals surface area contributed by atoms with E-state index in [1.807, 2.05) is 0 Å².